The van der Waals surface area contributed by atoms with Crippen molar-refractivity contribution in [3.8, 4) is 0 Å². The van der Waals surface area contributed by atoms with Gasteiger partial charge in [-0.15, -0.1) is 0 Å². The van der Waals surface area contributed by atoms with Crippen LogP contribution in [0.5, 0.6) is 0 Å². The van der Waals surface area contributed by atoms with Crippen LogP contribution in [0.2, 0.25) is 0 Å². The van der Waals surface area contributed by atoms with E-state index in [1.165, 1.54) is 13.1 Å². The smallest absolute Gasteiger partial charge is 0.329 e. The monoisotopic (exact) mass is 197 g/mol. The number of hydrogen-bond donors (Lipinski definition) is 2. The van der Waals surface area contributed by atoms with Crippen LogP contribution < -0.4 is 16.6 Å². The van der Waals surface area contributed by atoms with Gasteiger partial charge in [0.15, 0.2) is 0 Å². The molecular formula is C9H15N3O2. The zero-order valence-corrected chi connectivity index (χ0v) is 8.63. The lowest BCUT2D eigenvalue weighted by molar-refractivity contribution is 0.738. The first-order valence-corrected chi connectivity index (χ1v) is 4.61. The van der Waals surface area contributed by atoms with Crippen LogP contribution in [0.1, 0.15) is 20.3 Å². The van der Waals surface area contributed by atoms with Crippen molar-refractivity contribution in [2.24, 2.45) is 7.05 Å². The largest absolute Gasteiger partial charge is 0.369 e. The molecule has 1 rings (SSSR count). The molecule has 78 valence electrons. The van der Waals surface area contributed by atoms with Crippen molar-refractivity contribution in [3.63, 3.8) is 0 Å². The maximum atomic E-state index is 11.2. The SMILES string of the molecule is CCC(C)Nc1cc(=O)n(C)c(=O)[nH]1. The topological polar surface area (TPSA) is 66.9 Å². The minimum atomic E-state index is -0.400. The predicted molar refractivity (Wildman–Crippen MR) is 55.7 cm³/mol. The van der Waals surface area contributed by atoms with E-state index in [0.29, 0.717) is 5.82 Å². The summed E-state index contributed by atoms with van der Waals surface area (Å²) in [4.78, 5) is 25.0. The van der Waals surface area contributed by atoms with Crippen molar-refractivity contribution in [2.75, 3.05) is 5.32 Å². The Morgan fingerprint density at radius 3 is 2.71 bits per heavy atom. The molecule has 0 fully saturated rings. The van der Waals surface area contributed by atoms with Crippen molar-refractivity contribution in [3.05, 3.63) is 26.9 Å². The molecule has 5 nitrogen and oxygen atoms in total. The van der Waals surface area contributed by atoms with Crippen LogP contribution in [0.25, 0.3) is 0 Å². The van der Waals surface area contributed by atoms with Gasteiger partial charge in [-0.1, -0.05) is 6.92 Å². The van der Waals surface area contributed by atoms with Crippen molar-refractivity contribution < 1.29 is 0 Å². The Labute approximate surface area is 81.8 Å². The third-order valence-electron chi connectivity index (χ3n) is 2.16. The fraction of sp³-hybridized carbons (Fsp3) is 0.556. The van der Waals surface area contributed by atoms with Crippen LogP contribution in [0.4, 0.5) is 5.82 Å². The summed E-state index contributed by atoms with van der Waals surface area (Å²) in [6.45, 7) is 4.01. The van der Waals surface area contributed by atoms with Crippen LogP contribution in [0, 0.1) is 0 Å². The minimum absolute atomic E-state index is 0.234. The molecule has 0 amide bonds. The van der Waals surface area contributed by atoms with Gasteiger partial charge in [0.2, 0.25) is 0 Å². The average Bonchev–Trinajstić information content (AvgIpc) is 2.14. The third kappa shape index (κ3) is 2.25. The van der Waals surface area contributed by atoms with Crippen molar-refractivity contribution in [2.45, 2.75) is 26.3 Å². The molecule has 0 saturated carbocycles. The molecule has 0 radical (unpaired) electrons. The fourth-order valence-electron chi connectivity index (χ4n) is 1.00. The summed E-state index contributed by atoms with van der Waals surface area (Å²) in [6.07, 6.45) is 0.928. The zero-order chi connectivity index (χ0) is 10.7. The summed E-state index contributed by atoms with van der Waals surface area (Å²) in [7, 11) is 1.44. The lowest BCUT2D eigenvalue weighted by Crippen LogP contribution is -2.33. The van der Waals surface area contributed by atoms with Crippen molar-refractivity contribution in [1.29, 1.82) is 0 Å². The lowest BCUT2D eigenvalue weighted by Gasteiger charge is -2.12. The first-order chi connectivity index (χ1) is 6.54. The molecule has 0 aliphatic heterocycles. The Hall–Kier alpha value is -1.52. The number of aromatic amines is 1. The van der Waals surface area contributed by atoms with Crippen LogP contribution in [-0.4, -0.2) is 15.6 Å². The average molecular weight is 197 g/mol. The van der Waals surface area contributed by atoms with E-state index in [2.05, 4.69) is 10.3 Å². The quantitative estimate of drug-likeness (QED) is 0.731. The molecule has 2 N–H and O–H groups in total. The maximum absolute atomic E-state index is 11.2. The standard InChI is InChI=1S/C9H15N3O2/c1-4-6(2)10-7-5-8(13)12(3)9(14)11-7/h5-6,10H,4H2,1-3H3,(H,11,14). The van der Waals surface area contributed by atoms with E-state index >= 15 is 0 Å². The van der Waals surface area contributed by atoms with Crippen LogP contribution in [0.3, 0.4) is 0 Å². The molecule has 1 aromatic heterocycles. The lowest BCUT2D eigenvalue weighted by atomic mass is 10.2. The fourth-order valence-corrected chi connectivity index (χ4v) is 1.00. The van der Waals surface area contributed by atoms with E-state index in [1.807, 2.05) is 13.8 Å². The van der Waals surface area contributed by atoms with Gasteiger partial charge in [0.05, 0.1) is 0 Å². The zero-order valence-electron chi connectivity index (χ0n) is 8.63. The molecule has 0 aliphatic rings. The second kappa shape index (κ2) is 4.13. The highest BCUT2D eigenvalue weighted by Crippen LogP contribution is 1.99. The number of H-pyrrole nitrogens is 1. The maximum Gasteiger partial charge on any atom is 0.329 e. The molecule has 1 atom stereocenters. The van der Waals surface area contributed by atoms with Gasteiger partial charge in [0.1, 0.15) is 5.82 Å². The van der Waals surface area contributed by atoms with E-state index in [9.17, 15) is 9.59 Å². The van der Waals surface area contributed by atoms with Gasteiger partial charge in [-0.05, 0) is 13.3 Å². The minimum Gasteiger partial charge on any atom is -0.369 e. The number of nitrogens with zero attached hydrogens (tertiary/aromatic N) is 1. The second-order valence-corrected chi connectivity index (χ2v) is 3.34. The summed E-state index contributed by atoms with van der Waals surface area (Å²) in [5.74, 6) is 0.479. The Kier molecular flexibility index (Phi) is 3.11. The number of hydrogen-bond acceptors (Lipinski definition) is 3. The molecule has 1 heterocycles. The molecule has 0 aliphatic carbocycles. The van der Waals surface area contributed by atoms with Gasteiger partial charge in [-0.3, -0.25) is 14.3 Å². The first-order valence-electron chi connectivity index (χ1n) is 4.61. The molecule has 0 saturated heterocycles. The van der Waals surface area contributed by atoms with E-state index in [1.54, 1.807) is 0 Å². The molecule has 1 aromatic rings. The van der Waals surface area contributed by atoms with E-state index in [-0.39, 0.29) is 11.6 Å². The highest BCUT2D eigenvalue weighted by molar-refractivity contribution is 5.32. The van der Waals surface area contributed by atoms with E-state index < -0.39 is 5.69 Å². The molecule has 1 unspecified atom stereocenters. The molecule has 0 aromatic carbocycles. The van der Waals surface area contributed by atoms with Gasteiger partial charge in [0.25, 0.3) is 5.56 Å². The Bertz CT molecular complexity index is 388. The Morgan fingerprint density at radius 1 is 1.57 bits per heavy atom. The van der Waals surface area contributed by atoms with Gasteiger partial charge in [0, 0.05) is 19.2 Å². The molecule has 14 heavy (non-hydrogen) atoms. The highest BCUT2D eigenvalue weighted by atomic mass is 16.2. The summed E-state index contributed by atoms with van der Waals surface area (Å²) in [5, 5.41) is 3.03. The normalized spacial score (nSPS) is 12.5. The molecule has 0 bridgehead atoms. The first kappa shape index (κ1) is 10.6. The summed E-state index contributed by atoms with van der Waals surface area (Å²) in [5.41, 5.74) is -0.706. The van der Waals surface area contributed by atoms with Crippen LogP contribution in [-0.2, 0) is 7.05 Å². The van der Waals surface area contributed by atoms with E-state index in [0.717, 1.165) is 11.0 Å². The third-order valence-corrected chi connectivity index (χ3v) is 2.16. The predicted octanol–water partition coefficient (Wildman–Crippen LogP) is 0.284. The number of anilines is 1. The number of rotatable bonds is 3. The number of aromatic nitrogens is 2. The highest BCUT2D eigenvalue weighted by Gasteiger charge is 2.02. The summed E-state index contributed by atoms with van der Waals surface area (Å²) < 4.78 is 1.03. The summed E-state index contributed by atoms with van der Waals surface area (Å²) in [6, 6.07) is 1.62. The van der Waals surface area contributed by atoms with Gasteiger partial charge >= 0.3 is 5.69 Å². The Balaban J connectivity index is 3.02. The number of nitrogens with one attached hydrogen (secondary N) is 2. The van der Waals surface area contributed by atoms with Gasteiger partial charge in [-0.2, -0.15) is 0 Å². The van der Waals surface area contributed by atoms with E-state index in [4.69, 9.17) is 0 Å². The van der Waals surface area contributed by atoms with Crippen LogP contribution >= 0.6 is 0 Å². The van der Waals surface area contributed by atoms with Crippen LogP contribution in [0.15, 0.2) is 15.7 Å². The Morgan fingerprint density at radius 2 is 2.21 bits per heavy atom. The van der Waals surface area contributed by atoms with Crippen molar-refractivity contribution in [1.82, 2.24) is 9.55 Å². The molecular weight excluding hydrogens is 182 g/mol. The summed E-state index contributed by atoms with van der Waals surface area (Å²) >= 11 is 0. The second-order valence-electron chi connectivity index (χ2n) is 3.34. The van der Waals surface area contributed by atoms with Crippen molar-refractivity contribution >= 4 is 5.82 Å². The molecule has 5 heteroatoms. The van der Waals surface area contributed by atoms with Gasteiger partial charge < -0.3 is 5.32 Å². The molecule has 0 spiro atoms. The van der Waals surface area contributed by atoms with Gasteiger partial charge in [-0.25, -0.2) is 4.79 Å².